The van der Waals surface area contributed by atoms with Gasteiger partial charge in [0.15, 0.2) is 0 Å². The Morgan fingerprint density at radius 1 is 1.43 bits per heavy atom. The van der Waals surface area contributed by atoms with Crippen LogP contribution in [-0.4, -0.2) is 11.3 Å². The Morgan fingerprint density at radius 2 is 2.07 bits per heavy atom. The molecule has 0 saturated carbocycles. The molecule has 4 nitrogen and oxygen atoms in total. The molecule has 0 aromatic heterocycles. The van der Waals surface area contributed by atoms with Crippen molar-refractivity contribution in [2.45, 2.75) is 6.36 Å². The van der Waals surface area contributed by atoms with Crippen LogP contribution in [0.2, 0.25) is 0 Å². The number of nitro benzene ring substituents is 1. The van der Waals surface area contributed by atoms with Gasteiger partial charge in [0, 0.05) is 6.07 Å². The van der Waals surface area contributed by atoms with E-state index < -0.39 is 22.7 Å². The Bertz CT molecular complexity index is 333. The number of hydrogen-bond donors (Lipinski definition) is 0. The fraction of sp³-hybridized carbons (Fsp3) is 0.143. The zero-order valence-electron chi connectivity index (χ0n) is 6.54. The molecule has 1 aromatic carbocycles. The monoisotopic (exact) mass is 206 g/mol. The molecule has 0 atom stereocenters. The topological polar surface area (TPSA) is 52.4 Å². The molecule has 75 valence electrons. The maximum Gasteiger partial charge on any atom is 0.573 e. The number of rotatable bonds is 2. The van der Waals surface area contributed by atoms with Crippen molar-refractivity contribution in [1.82, 2.24) is 0 Å². The van der Waals surface area contributed by atoms with Crippen molar-refractivity contribution >= 4 is 5.69 Å². The first-order valence-corrected chi connectivity index (χ1v) is 3.30. The van der Waals surface area contributed by atoms with E-state index in [1.807, 2.05) is 6.07 Å². The molecule has 1 aromatic rings. The summed E-state index contributed by atoms with van der Waals surface area (Å²) in [7, 11) is 0. The molecule has 0 aliphatic heterocycles. The summed E-state index contributed by atoms with van der Waals surface area (Å²) in [5.41, 5.74) is -0.417. The van der Waals surface area contributed by atoms with E-state index in [9.17, 15) is 23.3 Å². The van der Waals surface area contributed by atoms with Crippen LogP contribution in [0.4, 0.5) is 18.9 Å². The van der Waals surface area contributed by atoms with E-state index in [4.69, 9.17) is 0 Å². The largest absolute Gasteiger partial charge is 0.573 e. The van der Waals surface area contributed by atoms with E-state index in [-0.39, 0.29) is 0 Å². The highest BCUT2D eigenvalue weighted by Crippen LogP contribution is 2.23. The smallest absolute Gasteiger partial charge is 0.406 e. The van der Waals surface area contributed by atoms with E-state index in [0.29, 0.717) is 0 Å². The van der Waals surface area contributed by atoms with E-state index in [0.717, 1.165) is 18.2 Å². The molecule has 0 bridgehead atoms. The molecule has 0 aliphatic rings. The van der Waals surface area contributed by atoms with Crippen molar-refractivity contribution < 1.29 is 22.8 Å². The number of alkyl halides is 3. The van der Waals surface area contributed by atoms with Gasteiger partial charge in [0.2, 0.25) is 0 Å². The fourth-order valence-electron chi connectivity index (χ4n) is 0.713. The predicted molar refractivity (Wildman–Crippen MR) is 38.6 cm³/mol. The quantitative estimate of drug-likeness (QED) is 0.551. The molecule has 0 N–H and O–H groups in total. The molecule has 0 spiro atoms. The van der Waals surface area contributed by atoms with Crippen LogP contribution in [0.15, 0.2) is 18.2 Å². The summed E-state index contributed by atoms with van der Waals surface area (Å²) in [4.78, 5) is 9.34. The SMILES string of the molecule is O=[N+]([O-])c1[c]cc(OC(F)(F)F)cc1. The van der Waals surface area contributed by atoms with E-state index in [1.54, 1.807) is 0 Å². The number of halogens is 3. The minimum absolute atomic E-state index is 0.417. The van der Waals surface area contributed by atoms with Gasteiger partial charge in [-0.25, -0.2) is 0 Å². The summed E-state index contributed by atoms with van der Waals surface area (Å²) >= 11 is 0. The molecule has 0 saturated heterocycles. The third kappa shape index (κ3) is 2.92. The van der Waals surface area contributed by atoms with Crippen LogP contribution in [0, 0.1) is 16.2 Å². The predicted octanol–water partition coefficient (Wildman–Crippen LogP) is 2.29. The zero-order chi connectivity index (χ0) is 10.8. The Morgan fingerprint density at radius 3 is 2.43 bits per heavy atom. The lowest BCUT2D eigenvalue weighted by molar-refractivity contribution is -0.385. The maximum absolute atomic E-state index is 11.6. The summed E-state index contributed by atoms with van der Waals surface area (Å²) in [6.45, 7) is 0. The standard InChI is InChI=1S/C7H3F3NO3/c8-7(9,10)14-6-3-1-5(2-4-6)11(12)13/h1,3-4H. The first-order valence-electron chi connectivity index (χ1n) is 3.30. The molecule has 0 unspecified atom stereocenters. The molecule has 0 heterocycles. The summed E-state index contributed by atoms with van der Waals surface area (Å²) in [5.74, 6) is -0.539. The van der Waals surface area contributed by atoms with Gasteiger partial charge in [0.05, 0.1) is 11.0 Å². The summed E-state index contributed by atoms with van der Waals surface area (Å²) in [5, 5.41) is 10.1. The Kier molecular flexibility index (Phi) is 2.59. The van der Waals surface area contributed by atoms with Gasteiger partial charge in [-0.05, 0) is 12.1 Å². The molecule has 0 fully saturated rings. The van der Waals surface area contributed by atoms with Crippen LogP contribution in [0.25, 0.3) is 0 Å². The van der Waals surface area contributed by atoms with E-state index >= 15 is 0 Å². The number of hydrogen-bond acceptors (Lipinski definition) is 3. The van der Waals surface area contributed by atoms with Gasteiger partial charge in [-0.2, -0.15) is 0 Å². The minimum Gasteiger partial charge on any atom is -0.406 e. The highest BCUT2D eigenvalue weighted by atomic mass is 19.4. The molecule has 1 rings (SSSR count). The summed E-state index contributed by atoms with van der Waals surface area (Å²) in [6.07, 6.45) is -4.80. The van der Waals surface area contributed by atoms with Gasteiger partial charge in [0.1, 0.15) is 5.75 Å². The van der Waals surface area contributed by atoms with Crippen LogP contribution in [-0.2, 0) is 0 Å². The lowest BCUT2D eigenvalue weighted by Crippen LogP contribution is -2.16. The number of nitro groups is 1. The van der Waals surface area contributed by atoms with Gasteiger partial charge in [0.25, 0.3) is 5.69 Å². The Balaban J connectivity index is 2.79. The molecular formula is C7H3F3NO3. The Hall–Kier alpha value is -1.79. The summed E-state index contributed by atoms with van der Waals surface area (Å²) < 4.78 is 38.4. The van der Waals surface area contributed by atoms with Gasteiger partial charge in [-0.3, -0.25) is 10.1 Å². The van der Waals surface area contributed by atoms with Crippen molar-refractivity contribution in [3.8, 4) is 5.75 Å². The van der Waals surface area contributed by atoms with E-state index in [1.165, 1.54) is 0 Å². The van der Waals surface area contributed by atoms with Crippen LogP contribution >= 0.6 is 0 Å². The maximum atomic E-state index is 11.6. The molecule has 14 heavy (non-hydrogen) atoms. The van der Waals surface area contributed by atoms with Crippen molar-refractivity contribution in [2.75, 3.05) is 0 Å². The van der Waals surface area contributed by atoms with Crippen LogP contribution < -0.4 is 4.74 Å². The van der Waals surface area contributed by atoms with Crippen molar-refractivity contribution in [1.29, 1.82) is 0 Å². The zero-order valence-corrected chi connectivity index (χ0v) is 6.54. The molecule has 0 aliphatic carbocycles. The average molecular weight is 206 g/mol. The fourth-order valence-corrected chi connectivity index (χ4v) is 0.713. The van der Waals surface area contributed by atoms with Gasteiger partial charge < -0.3 is 4.74 Å². The van der Waals surface area contributed by atoms with Crippen LogP contribution in [0.5, 0.6) is 5.75 Å². The van der Waals surface area contributed by atoms with Crippen molar-refractivity contribution in [3.63, 3.8) is 0 Å². The first-order chi connectivity index (χ1) is 6.38. The second kappa shape index (κ2) is 3.52. The third-order valence-corrected chi connectivity index (χ3v) is 1.20. The Labute approximate surface area is 76.1 Å². The van der Waals surface area contributed by atoms with Crippen LogP contribution in [0.3, 0.4) is 0 Å². The van der Waals surface area contributed by atoms with E-state index in [2.05, 4.69) is 4.74 Å². The highest BCUT2D eigenvalue weighted by Gasteiger charge is 2.31. The molecule has 1 radical (unpaired) electrons. The lowest BCUT2D eigenvalue weighted by atomic mass is 10.3. The third-order valence-electron chi connectivity index (χ3n) is 1.20. The average Bonchev–Trinajstić information content (AvgIpc) is 2.02. The lowest BCUT2D eigenvalue weighted by Gasteiger charge is -2.07. The van der Waals surface area contributed by atoms with Gasteiger partial charge >= 0.3 is 6.36 Å². The second-order valence-corrected chi connectivity index (χ2v) is 2.21. The number of benzene rings is 1. The first kappa shape index (κ1) is 10.3. The molecule has 7 heteroatoms. The summed E-state index contributed by atoms with van der Waals surface area (Å²) in [6, 6.07) is 4.52. The number of non-ortho nitro benzene ring substituents is 1. The molecule has 0 amide bonds. The van der Waals surface area contributed by atoms with Crippen molar-refractivity contribution in [3.05, 3.63) is 34.4 Å². The molecular weight excluding hydrogens is 203 g/mol. The highest BCUT2D eigenvalue weighted by molar-refractivity contribution is 5.34. The van der Waals surface area contributed by atoms with Crippen molar-refractivity contribution in [2.24, 2.45) is 0 Å². The van der Waals surface area contributed by atoms with Crippen LogP contribution in [0.1, 0.15) is 0 Å². The van der Waals surface area contributed by atoms with Gasteiger partial charge in [-0.1, -0.05) is 0 Å². The second-order valence-electron chi connectivity index (χ2n) is 2.21. The number of nitrogens with zero attached hydrogens (tertiary/aromatic N) is 1. The van der Waals surface area contributed by atoms with Gasteiger partial charge in [-0.15, -0.1) is 13.2 Å². The normalized spacial score (nSPS) is 11.1. The minimum atomic E-state index is -4.80. The number of ether oxygens (including phenoxy) is 1.